The number of aromatic nitrogens is 1. The molecule has 1 aromatic carbocycles. The van der Waals surface area contributed by atoms with Gasteiger partial charge in [0.2, 0.25) is 0 Å². The second-order valence-corrected chi connectivity index (χ2v) is 5.58. The summed E-state index contributed by atoms with van der Waals surface area (Å²) in [5.74, 6) is -1.28. The van der Waals surface area contributed by atoms with Gasteiger partial charge in [-0.3, -0.25) is 10.1 Å². The van der Waals surface area contributed by atoms with E-state index < -0.39 is 24.5 Å². The van der Waals surface area contributed by atoms with Crippen LogP contribution in [0.1, 0.15) is 30.6 Å². The van der Waals surface area contributed by atoms with E-state index in [1.807, 2.05) is 49.7 Å². The highest BCUT2D eigenvalue weighted by Gasteiger charge is 2.17. The van der Waals surface area contributed by atoms with E-state index in [0.717, 1.165) is 17.3 Å². The third-order valence-corrected chi connectivity index (χ3v) is 3.69. The number of urea groups is 1. The molecule has 3 amide bonds. The summed E-state index contributed by atoms with van der Waals surface area (Å²) in [5.41, 5.74) is 1.27. The van der Waals surface area contributed by atoms with Crippen LogP contribution in [0.5, 0.6) is 0 Å². The lowest BCUT2D eigenvalue weighted by Crippen LogP contribution is -2.44. The van der Waals surface area contributed by atoms with Crippen LogP contribution in [0.3, 0.4) is 0 Å². The maximum absolute atomic E-state index is 12.2. The molecule has 0 aliphatic carbocycles. The topological polar surface area (TPSA) is 89.4 Å². The molecule has 128 valence electrons. The van der Waals surface area contributed by atoms with Crippen molar-refractivity contribution in [2.75, 3.05) is 6.61 Å². The van der Waals surface area contributed by atoms with E-state index in [2.05, 4.69) is 10.6 Å². The number of para-hydroxylation sites is 1. The van der Waals surface area contributed by atoms with Crippen LogP contribution < -0.4 is 10.6 Å². The van der Waals surface area contributed by atoms with E-state index in [1.165, 1.54) is 0 Å². The van der Waals surface area contributed by atoms with E-state index in [4.69, 9.17) is 4.74 Å². The van der Waals surface area contributed by atoms with Crippen molar-refractivity contribution in [1.82, 2.24) is 15.2 Å². The van der Waals surface area contributed by atoms with E-state index in [9.17, 15) is 14.4 Å². The van der Waals surface area contributed by atoms with Gasteiger partial charge in [-0.25, -0.2) is 9.59 Å². The molecule has 0 aliphatic rings. The number of hydrogen-bond donors (Lipinski definition) is 2. The molecule has 7 nitrogen and oxygen atoms in total. The maximum atomic E-state index is 12.2. The fourth-order valence-electron chi connectivity index (χ4n) is 2.24. The fourth-order valence-corrected chi connectivity index (χ4v) is 2.24. The highest BCUT2D eigenvalue weighted by atomic mass is 16.5. The molecule has 7 heteroatoms. The minimum atomic E-state index is -0.676. The molecule has 2 N–H and O–H groups in total. The van der Waals surface area contributed by atoms with Gasteiger partial charge in [0.05, 0.1) is 5.56 Å². The Bertz CT molecular complexity index is 766. The number of amides is 3. The summed E-state index contributed by atoms with van der Waals surface area (Å²) in [6.07, 6.45) is 2.40. The van der Waals surface area contributed by atoms with Crippen LogP contribution >= 0.6 is 0 Å². The van der Waals surface area contributed by atoms with Gasteiger partial charge in [0.1, 0.15) is 0 Å². The lowest BCUT2D eigenvalue weighted by atomic mass is 10.2. The molecule has 2 rings (SSSR count). The number of carbonyl (C=O) groups excluding carboxylic acids is 3. The lowest BCUT2D eigenvalue weighted by molar-refractivity contribution is -0.123. The Balaban J connectivity index is 1.93. The van der Waals surface area contributed by atoms with Crippen molar-refractivity contribution in [3.8, 4) is 0 Å². The molecule has 24 heavy (non-hydrogen) atoms. The number of carbonyl (C=O) groups is 3. The molecule has 0 saturated carbocycles. The van der Waals surface area contributed by atoms with Crippen molar-refractivity contribution in [2.45, 2.75) is 26.3 Å². The van der Waals surface area contributed by atoms with Gasteiger partial charge in [-0.05, 0) is 19.4 Å². The summed E-state index contributed by atoms with van der Waals surface area (Å²) in [6, 6.07) is 6.75. The van der Waals surface area contributed by atoms with E-state index >= 15 is 0 Å². The first-order valence-corrected chi connectivity index (χ1v) is 7.74. The number of hydrogen-bond acceptors (Lipinski definition) is 4. The Kier molecular flexibility index (Phi) is 5.57. The van der Waals surface area contributed by atoms with E-state index in [0.29, 0.717) is 5.56 Å². The molecule has 1 aromatic heterocycles. The average Bonchev–Trinajstić information content (AvgIpc) is 2.90. The molecule has 0 saturated heterocycles. The molecule has 1 heterocycles. The average molecular weight is 331 g/mol. The SMILES string of the molecule is CC[C@H](C)NC(=O)NC(=O)COC(=O)c1cn(C)c2ccccc12. The van der Waals surface area contributed by atoms with Gasteiger partial charge in [-0.15, -0.1) is 0 Å². The summed E-state index contributed by atoms with van der Waals surface area (Å²) in [5, 5.41) is 5.47. The van der Waals surface area contributed by atoms with Gasteiger partial charge in [0.15, 0.2) is 6.61 Å². The third-order valence-electron chi connectivity index (χ3n) is 3.69. The quantitative estimate of drug-likeness (QED) is 0.820. The normalized spacial score (nSPS) is 11.8. The Labute approximate surface area is 140 Å². The first-order chi connectivity index (χ1) is 11.4. The number of imide groups is 1. The van der Waals surface area contributed by atoms with E-state index in [1.54, 1.807) is 6.20 Å². The zero-order chi connectivity index (χ0) is 17.7. The second kappa shape index (κ2) is 7.63. The molecule has 0 unspecified atom stereocenters. The Morgan fingerprint density at radius 1 is 1.25 bits per heavy atom. The number of nitrogens with zero attached hydrogens (tertiary/aromatic N) is 1. The van der Waals surface area contributed by atoms with Gasteiger partial charge in [-0.2, -0.15) is 0 Å². The smallest absolute Gasteiger partial charge is 0.340 e. The number of aryl methyl sites for hydroxylation is 1. The molecule has 0 spiro atoms. The van der Waals surface area contributed by atoms with Crippen molar-refractivity contribution in [2.24, 2.45) is 7.05 Å². The molecule has 0 fully saturated rings. The summed E-state index contributed by atoms with van der Waals surface area (Å²) < 4.78 is 6.81. The summed E-state index contributed by atoms with van der Waals surface area (Å²) >= 11 is 0. The van der Waals surface area contributed by atoms with Gasteiger partial charge in [-0.1, -0.05) is 25.1 Å². The molecule has 2 aromatic rings. The minimum Gasteiger partial charge on any atom is -0.452 e. The van der Waals surface area contributed by atoms with Crippen LogP contribution in [-0.2, 0) is 16.6 Å². The zero-order valence-corrected chi connectivity index (χ0v) is 14.0. The zero-order valence-electron chi connectivity index (χ0n) is 14.0. The number of nitrogens with one attached hydrogen (secondary N) is 2. The highest BCUT2D eigenvalue weighted by molar-refractivity contribution is 6.05. The van der Waals surface area contributed by atoms with Gasteiger partial charge >= 0.3 is 12.0 Å². The highest BCUT2D eigenvalue weighted by Crippen LogP contribution is 2.20. The van der Waals surface area contributed by atoms with Crippen LogP contribution in [0, 0.1) is 0 Å². The summed E-state index contributed by atoms with van der Waals surface area (Å²) in [4.78, 5) is 35.4. The van der Waals surface area contributed by atoms with Gasteiger partial charge in [0.25, 0.3) is 5.91 Å². The summed E-state index contributed by atoms with van der Waals surface area (Å²) in [6.45, 7) is 3.22. The molecule has 1 atom stereocenters. The predicted molar refractivity (Wildman–Crippen MR) is 89.6 cm³/mol. The second-order valence-electron chi connectivity index (χ2n) is 5.58. The molecule has 0 bridgehead atoms. The third kappa shape index (κ3) is 4.13. The van der Waals surface area contributed by atoms with E-state index in [-0.39, 0.29) is 6.04 Å². The maximum Gasteiger partial charge on any atom is 0.340 e. The number of esters is 1. The number of rotatable bonds is 5. The van der Waals surface area contributed by atoms with Crippen LogP contribution in [0.4, 0.5) is 4.79 Å². The van der Waals surface area contributed by atoms with Gasteiger partial charge < -0.3 is 14.6 Å². The van der Waals surface area contributed by atoms with Crippen molar-refractivity contribution < 1.29 is 19.1 Å². The van der Waals surface area contributed by atoms with Crippen LogP contribution in [0.2, 0.25) is 0 Å². The minimum absolute atomic E-state index is 0.0453. The van der Waals surface area contributed by atoms with Crippen molar-refractivity contribution >= 4 is 28.8 Å². The number of benzene rings is 1. The largest absolute Gasteiger partial charge is 0.452 e. The monoisotopic (exact) mass is 331 g/mol. The number of ether oxygens (including phenoxy) is 1. The van der Waals surface area contributed by atoms with Crippen molar-refractivity contribution in [1.29, 1.82) is 0 Å². The van der Waals surface area contributed by atoms with Crippen molar-refractivity contribution in [3.05, 3.63) is 36.0 Å². The molecule has 0 radical (unpaired) electrons. The predicted octanol–water partition coefficient (Wildman–Crippen LogP) is 1.96. The molecular formula is C17H21N3O4. The summed E-state index contributed by atoms with van der Waals surface area (Å²) in [7, 11) is 1.82. The Morgan fingerprint density at radius 3 is 2.67 bits per heavy atom. The van der Waals surface area contributed by atoms with Crippen LogP contribution in [-0.4, -0.2) is 35.1 Å². The fraction of sp³-hybridized carbons (Fsp3) is 0.353. The first kappa shape index (κ1) is 17.5. The standard InChI is InChI=1S/C17H21N3O4/c1-4-11(2)18-17(23)19-15(21)10-24-16(22)13-9-20(3)14-8-6-5-7-12(13)14/h5-9,11H,4,10H2,1-3H3,(H2,18,19,21,23)/t11-/m0/s1. The Hall–Kier alpha value is -2.83. The lowest BCUT2D eigenvalue weighted by Gasteiger charge is -2.11. The van der Waals surface area contributed by atoms with Crippen LogP contribution in [0.15, 0.2) is 30.5 Å². The molecular weight excluding hydrogens is 310 g/mol. The molecule has 0 aliphatic heterocycles. The first-order valence-electron chi connectivity index (χ1n) is 7.74. The number of fused-ring (bicyclic) bond motifs is 1. The van der Waals surface area contributed by atoms with Crippen LogP contribution in [0.25, 0.3) is 10.9 Å². The Morgan fingerprint density at radius 2 is 1.96 bits per heavy atom. The van der Waals surface area contributed by atoms with Gasteiger partial charge in [0, 0.05) is 30.2 Å². The van der Waals surface area contributed by atoms with Crippen molar-refractivity contribution in [3.63, 3.8) is 0 Å².